The van der Waals surface area contributed by atoms with Gasteiger partial charge in [0.2, 0.25) is 0 Å². The van der Waals surface area contributed by atoms with E-state index in [0.717, 1.165) is 27.5 Å². The molecule has 0 spiro atoms. The summed E-state index contributed by atoms with van der Waals surface area (Å²) in [5, 5.41) is 14.9. The highest BCUT2D eigenvalue weighted by Crippen LogP contribution is 2.45. The van der Waals surface area contributed by atoms with Gasteiger partial charge in [-0.25, -0.2) is 4.79 Å². The molecule has 0 fully saturated rings. The second-order valence-electron chi connectivity index (χ2n) is 7.63. The molecule has 1 unspecified atom stereocenters. The van der Waals surface area contributed by atoms with E-state index in [0.29, 0.717) is 16.7 Å². The van der Waals surface area contributed by atoms with Crippen molar-refractivity contribution >= 4 is 34.1 Å². The zero-order chi connectivity index (χ0) is 22.2. The fraction of sp³-hybridized carbons (Fsp3) is 0.115. The van der Waals surface area contributed by atoms with Crippen LogP contribution in [-0.4, -0.2) is 12.2 Å². The molecular formula is C26H21NO4S. The van der Waals surface area contributed by atoms with Crippen LogP contribution in [0.15, 0.2) is 86.9 Å². The Morgan fingerprint density at radius 2 is 1.84 bits per heavy atom. The van der Waals surface area contributed by atoms with E-state index in [4.69, 9.17) is 9.15 Å². The number of rotatable bonds is 3. The van der Waals surface area contributed by atoms with Crippen molar-refractivity contribution in [1.29, 1.82) is 0 Å². The van der Waals surface area contributed by atoms with Crippen molar-refractivity contribution in [3.63, 3.8) is 0 Å². The number of hydrogen-bond acceptors (Lipinski definition) is 6. The Bertz CT molecular complexity index is 1410. The highest BCUT2D eigenvalue weighted by atomic mass is 32.2. The quantitative estimate of drug-likeness (QED) is 0.372. The maximum Gasteiger partial charge on any atom is 0.349 e. The third kappa shape index (κ3) is 3.63. The van der Waals surface area contributed by atoms with Gasteiger partial charge in [-0.15, -0.1) is 11.8 Å². The summed E-state index contributed by atoms with van der Waals surface area (Å²) >= 11 is 1.67. The minimum absolute atomic E-state index is 0.0865. The first-order chi connectivity index (χ1) is 15.5. The summed E-state index contributed by atoms with van der Waals surface area (Å²) in [5.41, 5.74) is 3.28. The predicted molar refractivity (Wildman–Crippen MR) is 129 cm³/mol. The van der Waals surface area contributed by atoms with Crippen LogP contribution in [0.5, 0.6) is 11.5 Å². The normalized spacial score (nSPS) is 15.4. The molecule has 2 N–H and O–H groups in total. The van der Waals surface area contributed by atoms with Crippen molar-refractivity contribution in [1.82, 2.24) is 0 Å². The highest BCUT2D eigenvalue weighted by Gasteiger charge is 2.24. The van der Waals surface area contributed by atoms with Crippen LogP contribution in [0.25, 0.3) is 16.7 Å². The van der Waals surface area contributed by atoms with Crippen molar-refractivity contribution in [2.45, 2.75) is 17.1 Å². The molecule has 0 radical (unpaired) electrons. The lowest BCUT2D eigenvalue weighted by Gasteiger charge is -2.14. The highest BCUT2D eigenvalue weighted by molar-refractivity contribution is 7.99. The van der Waals surface area contributed by atoms with Crippen LogP contribution >= 0.6 is 11.8 Å². The zero-order valence-electron chi connectivity index (χ0n) is 17.6. The maximum atomic E-state index is 13.0. The van der Waals surface area contributed by atoms with Crippen LogP contribution in [0.2, 0.25) is 0 Å². The van der Waals surface area contributed by atoms with Crippen molar-refractivity contribution in [3.05, 3.63) is 99.9 Å². The van der Waals surface area contributed by atoms with Crippen LogP contribution in [0.1, 0.15) is 21.9 Å². The van der Waals surface area contributed by atoms with Crippen molar-refractivity contribution in [3.8, 4) is 11.5 Å². The average Bonchev–Trinajstić information content (AvgIpc) is 2.99. The minimum Gasteiger partial charge on any atom is -0.506 e. The molecule has 3 aromatic carbocycles. The van der Waals surface area contributed by atoms with E-state index in [9.17, 15) is 9.90 Å². The van der Waals surface area contributed by atoms with Crippen molar-refractivity contribution < 1.29 is 14.3 Å². The summed E-state index contributed by atoms with van der Waals surface area (Å²) in [5.74, 6) is 0.690. The Morgan fingerprint density at radius 1 is 1.06 bits per heavy atom. The van der Waals surface area contributed by atoms with Gasteiger partial charge in [-0.2, -0.15) is 0 Å². The lowest BCUT2D eigenvalue weighted by molar-refractivity contribution is 0.414. The number of ether oxygens (including phenoxy) is 1. The van der Waals surface area contributed by atoms with Crippen LogP contribution in [0.4, 0.5) is 5.69 Å². The van der Waals surface area contributed by atoms with E-state index >= 15 is 0 Å². The van der Waals surface area contributed by atoms with Gasteiger partial charge in [-0.05, 0) is 55.0 Å². The van der Waals surface area contributed by atoms with Gasteiger partial charge in [0.1, 0.15) is 22.6 Å². The molecule has 5 rings (SSSR count). The molecule has 1 aliphatic heterocycles. The van der Waals surface area contributed by atoms with E-state index in [1.54, 1.807) is 24.9 Å². The van der Waals surface area contributed by atoms with E-state index in [2.05, 4.69) is 5.32 Å². The van der Waals surface area contributed by atoms with Crippen LogP contribution < -0.4 is 15.7 Å². The molecule has 6 heteroatoms. The Labute approximate surface area is 189 Å². The van der Waals surface area contributed by atoms with Gasteiger partial charge in [0.15, 0.2) is 0 Å². The first-order valence-corrected chi connectivity index (χ1v) is 11.1. The molecule has 0 amide bonds. The largest absolute Gasteiger partial charge is 0.506 e. The second-order valence-corrected chi connectivity index (χ2v) is 8.81. The number of hydrogen-bond donors (Lipinski definition) is 2. The third-order valence-corrected chi connectivity index (χ3v) is 6.75. The van der Waals surface area contributed by atoms with E-state index in [1.165, 1.54) is 0 Å². The lowest BCUT2D eigenvalue weighted by atomic mass is 10.0. The number of para-hydroxylation sites is 1. The van der Waals surface area contributed by atoms with Crippen molar-refractivity contribution in [2.75, 3.05) is 12.4 Å². The summed E-state index contributed by atoms with van der Waals surface area (Å²) in [6.07, 6.45) is 1.96. The van der Waals surface area contributed by atoms with Crippen LogP contribution in [0, 0.1) is 6.92 Å². The molecule has 0 aliphatic carbocycles. The van der Waals surface area contributed by atoms with Gasteiger partial charge < -0.3 is 19.6 Å². The molecule has 1 atom stereocenters. The minimum atomic E-state index is -0.588. The van der Waals surface area contributed by atoms with Gasteiger partial charge in [0.05, 0.1) is 29.1 Å². The molecule has 160 valence electrons. The number of methoxy groups -OCH3 is 1. The molecule has 2 heterocycles. The first kappa shape index (κ1) is 20.3. The lowest BCUT2D eigenvalue weighted by Crippen LogP contribution is -2.12. The number of nitrogens with one attached hydrogen (secondary N) is 1. The molecule has 5 nitrogen and oxygen atoms in total. The topological polar surface area (TPSA) is 71.7 Å². The molecule has 1 aromatic heterocycles. The smallest absolute Gasteiger partial charge is 0.349 e. The molecule has 4 aromatic rings. The van der Waals surface area contributed by atoms with E-state index in [-0.39, 0.29) is 16.6 Å². The summed E-state index contributed by atoms with van der Waals surface area (Å²) in [6.45, 7) is 1.93. The number of aryl methyl sites for hydroxylation is 1. The van der Waals surface area contributed by atoms with Gasteiger partial charge in [0.25, 0.3) is 0 Å². The third-order valence-electron chi connectivity index (χ3n) is 5.48. The molecule has 1 aliphatic rings. The average molecular weight is 444 g/mol. The van der Waals surface area contributed by atoms with Crippen LogP contribution in [-0.2, 0) is 0 Å². The van der Waals surface area contributed by atoms with E-state index < -0.39 is 5.63 Å². The number of anilines is 1. The monoisotopic (exact) mass is 443 g/mol. The summed E-state index contributed by atoms with van der Waals surface area (Å²) < 4.78 is 10.9. The molecule has 0 saturated carbocycles. The maximum absolute atomic E-state index is 13.0. The first-order valence-electron chi connectivity index (χ1n) is 10.2. The van der Waals surface area contributed by atoms with Gasteiger partial charge in [-0.1, -0.05) is 35.9 Å². The fourth-order valence-electron chi connectivity index (χ4n) is 3.82. The zero-order valence-corrected chi connectivity index (χ0v) is 18.4. The predicted octanol–water partition coefficient (Wildman–Crippen LogP) is 6.12. The SMILES string of the molecule is COc1ccc(C2C=C(c3c(O)c4cc(C)ccc4oc3=O)Nc3ccccc3S2)cc1. The number of fused-ring (bicyclic) bond motifs is 2. The molecular weight excluding hydrogens is 422 g/mol. The van der Waals surface area contributed by atoms with Gasteiger partial charge >= 0.3 is 5.63 Å². The summed E-state index contributed by atoms with van der Waals surface area (Å²) in [4.78, 5) is 14.0. The van der Waals surface area contributed by atoms with Crippen LogP contribution in [0.3, 0.4) is 0 Å². The molecule has 0 saturated heterocycles. The summed E-state index contributed by atoms with van der Waals surface area (Å²) in [6, 6.07) is 21.1. The van der Waals surface area contributed by atoms with E-state index in [1.807, 2.05) is 73.7 Å². The Morgan fingerprint density at radius 3 is 2.62 bits per heavy atom. The van der Waals surface area contributed by atoms with Crippen molar-refractivity contribution in [2.24, 2.45) is 0 Å². The standard InChI is InChI=1S/C26H21NO4S/c1-15-7-12-21-18(13-15)25(28)24(26(29)31-21)20-14-23(16-8-10-17(30-2)11-9-16)32-22-6-4-3-5-19(22)27-20/h3-14,23,27-28H,1-2H3. The Balaban J connectivity index is 1.70. The Hall–Kier alpha value is -3.64. The number of aromatic hydroxyl groups is 1. The molecule has 0 bridgehead atoms. The summed E-state index contributed by atoms with van der Waals surface area (Å²) in [7, 11) is 1.64. The second kappa shape index (κ2) is 8.13. The van der Waals surface area contributed by atoms with Gasteiger partial charge in [0, 0.05) is 4.90 Å². The number of benzene rings is 3. The number of thioether (sulfide) groups is 1. The van der Waals surface area contributed by atoms with Gasteiger partial charge in [-0.3, -0.25) is 0 Å². The Kier molecular flexibility index (Phi) is 5.15. The fourth-order valence-corrected chi connectivity index (χ4v) is 5.00. The molecule has 32 heavy (non-hydrogen) atoms.